The molecule has 1 saturated heterocycles. The summed E-state index contributed by atoms with van der Waals surface area (Å²) in [5.41, 5.74) is 4.02. The fourth-order valence-electron chi connectivity index (χ4n) is 14.5. The number of aliphatic carboxylic acids is 1. The van der Waals surface area contributed by atoms with Crippen molar-refractivity contribution in [2.45, 2.75) is 176 Å². The number of halogens is 3. The van der Waals surface area contributed by atoms with Crippen LogP contribution >= 0.6 is 34.8 Å². The molecule has 1 saturated carbocycles. The van der Waals surface area contributed by atoms with Gasteiger partial charge in [-0.15, -0.1) is 0 Å². The quantitative estimate of drug-likeness (QED) is 0.0496. The molecule has 5 aliphatic heterocycles. The molecule has 0 aromatic heterocycles. The first kappa shape index (κ1) is 88.2. The number of aromatic hydroxyl groups is 3. The molecular weight excluding hydrogens is 1600 g/mol. The molecule has 10 bridgehead atoms. The Hall–Kier alpha value is -10.6. The number of nitrogens with two attached hydrogens (primary N) is 1. The zero-order chi connectivity index (χ0) is 85.5. The van der Waals surface area contributed by atoms with Crippen LogP contribution in [-0.4, -0.2) is 191 Å². The summed E-state index contributed by atoms with van der Waals surface area (Å²) < 4.78 is 39.1. The van der Waals surface area contributed by atoms with Crippen LogP contribution < -0.4 is 67.2 Å². The number of carboxylic acids is 1. The molecule has 33 nitrogen and oxygen atoms in total. The van der Waals surface area contributed by atoms with E-state index in [1.807, 2.05) is 38.1 Å². The normalized spacial score (nSPS) is 26.7. The number of aliphatic hydroxyl groups is 6. The van der Waals surface area contributed by atoms with Gasteiger partial charge < -0.3 is 128 Å². The van der Waals surface area contributed by atoms with E-state index >= 15 is 4.79 Å². The Labute approximate surface area is 691 Å². The zero-order valence-electron chi connectivity index (χ0n) is 64.4. The minimum Gasteiger partial charge on any atom is -0.508 e. The number of ether oxygens (including phenoxy) is 6. The number of amides is 7. The van der Waals surface area contributed by atoms with Crippen molar-refractivity contribution in [1.29, 1.82) is 0 Å². The Bertz CT molecular complexity index is 4880. The van der Waals surface area contributed by atoms with Gasteiger partial charge in [-0.25, -0.2) is 4.79 Å². The molecule has 18 unspecified atom stereocenters. The van der Waals surface area contributed by atoms with Gasteiger partial charge in [0.25, 0.3) is 0 Å². The van der Waals surface area contributed by atoms with Gasteiger partial charge in [0.1, 0.15) is 102 Å². The fourth-order valence-corrected chi connectivity index (χ4v) is 15.1. The van der Waals surface area contributed by atoms with E-state index in [9.17, 15) is 84.6 Å². The molecule has 630 valence electrons. The molecule has 1 aliphatic carbocycles. The summed E-state index contributed by atoms with van der Waals surface area (Å²) in [4.78, 5) is 115. The molecule has 7 aromatic rings. The third-order valence-electron chi connectivity index (χ3n) is 21.0. The van der Waals surface area contributed by atoms with Gasteiger partial charge >= 0.3 is 5.97 Å². The first-order valence-corrected chi connectivity index (χ1v) is 38.8. The highest BCUT2D eigenvalue weighted by Gasteiger charge is 2.51. The number of carboxylic acid groups (broad SMARTS) is 1. The van der Waals surface area contributed by atoms with Gasteiger partial charge in [-0.05, 0) is 153 Å². The third kappa shape index (κ3) is 20.5. The van der Waals surface area contributed by atoms with Crippen molar-refractivity contribution in [2.75, 3.05) is 13.7 Å². The van der Waals surface area contributed by atoms with Crippen LogP contribution in [-0.2, 0) is 61.0 Å². The fraction of sp³-hybridized carbons (Fsp3) is 0.390. The number of phenols is 3. The molecule has 7 amide bonds. The standard InChI is InChI=1S/C82H92Cl3N9O24/c1-36(2)24-52(87-6)76(106)93-66-68(100)42-15-22-56(50(84)26-42)115-58-8-7-9-59(72(58)117-60-28-44(34-95)70(102)71(103)73(60)118-62-32-82(5,74(104)38(4)114-62)88-33-39-12-19-47(20-13-39)113-35-40-10-17-45(83)18-11-40)116-57-23-16-43(27-51(57)85)69(101)67-80(110)92-65(81(111)112)49-29-46(96)30-55(98)63(49)48-25-41(14-21-54(48)97)64(78(108)94-67)91-75(105)37(3)89-77(107)53(31-61(86)99)90-79(66)109/h7-23,25-27,29-30,36-38,44,52-53,60,62,64-71,73-74,87-88,95-98,100-104H,24,28,31-35H2,1-6H3,(H2,86,99)(H,89,107)(H,90,109)(H,91,105)(H,92,110)(H,93,106)(H,94,108)(H,111,112). The van der Waals surface area contributed by atoms with E-state index in [4.69, 9.17) is 69.0 Å². The summed E-state index contributed by atoms with van der Waals surface area (Å²) >= 11 is 20.3. The van der Waals surface area contributed by atoms with Crippen molar-refractivity contribution in [3.05, 3.63) is 182 Å². The van der Waals surface area contributed by atoms with Crippen LogP contribution in [0.15, 0.2) is 133 Å². The summed E-state index contributed by atoms with van der Waals surface area (Å²) in [6, 6.07) is 17.4. The van der Waals surface area contributed by atoms with Crippen molar-refractivity contribution in [3.8, 4) is 62.9 Å². The zero-order valence-corrected chi connectivity index (χ0v) is 66.7. The van der Waals surface area contributed by atoms with Gasteiger partial charge in [-0.2, -0.15) is 0 Å². The van der Waals surface area contributed by atoms with Crippen molar-refractivity contribution in [2.24, 2.45) is 17.6 Å². The lowest BCUT2D eigenvalue weighted by atomic mass is 9.80. The van der Waals surface area contributed by atoms with Crippen molar-refractivity contribution < 1.29 is 118 Å². The number of phenolic OH excluding ortho intramolecular Hbond substituents is 3. The molecule has 0 spiro atoms. The van der Waals surface area contributed by atoms with E-state index in [2.05, 4.69) is 42.5 Å². The summed E-state index contributed by atoms with van der Waals surface area (Å²) in [6.07, 6.45) is -15.2. The highest BCUT2D eigenvalue weighted by molar-refractivity contribution is 6.32. The van der Waals surface area contributed by atoms with Crippen LogP contribution in [0.2, 0.25) is 15.1 Å². The van der Waals surface area contributed by atoms with Crippen LogP contribution in [0.5, 0.6) is 51.7 Å². The lowest BCUT2D eigenvalue weighted by molar-refractivity contribution is -0.289. The summed E-state index contributed by atoms with van der Waals surface area (Å²) in [5.74, 6) is -14.5. The molecule has 6 aliphatic rings. The van der Waals surface area contributed by atoms with Gasteiger partial charge in [0.2, 0.25) is 47.1 Å². The SMILES string of the molecule is CNC(CC(C)C)C(=O)NC1C(=O)NC(CC(N)=O)C(=O)NC(C)C(=O)NC2C(=O)NC(C(=O)NC(C(=O)O)c3cc(O)cc(O)c3-c3cc2ccc3O)C(O)c2ccc(c(Cl)c2)Oc2cccc(c2OC2CC(CO)C(O)C(O)C2OC2CC(C)(NCc3ccc(OCc4ccc(Cl)cc4)cc3)C(O)C(C)O2)Oc2ccc(cc2Cl)C1O. The summed E-state index contributed by atoms with van der Waals surface area (Å²) in [5, 5.41) is 137. The van der Waals surface area contributed by atoms with E-state index in [-0.39, 0.29) is 87.2 Å². The first-order chi connectivity index (χ1) is 56.0. The number of carbonyl (C=O) groups excluding carboxylic acids is 7. The summed E-state index contributed by atoms with van der Waals surface area (Å²) in [7, 11) is 1.48. The van der Waals surface area contributed by atoms with Gasteiger partial charge in [0, 0.05) is 58.8 Å². The first-order valence-electron chi connectivity index (χ1n) is 37.7. The number of para-hydroxylation sites is 1. The number of nitrogens with one attached hydrogen (secondary N) is 8. The van der Waals surface area contributed by atoms with E-state index in [1.165, 1.54) is 55.6 Å². The molecule has 7 aromatic carbocycles. The average Bonchev–Trinajstić information content (AvgIpc) is 0.769. The third-order valence-corrected chi connectivity index (χ3v) is 21.8. The molecule has 13 rings (SSSR count). The lowest BCUT2D eigenvalue weighted by Gasteiger charge is -2.48. The number of aliphatic hydroxyl groups excluding tert-OH is 6. The van der Waals surface area contributed by atoms with Gasteiger partial charge in [-0.3, -0.25) is 33.6 Å². The van der Waals surface area contributed by atoms with Crippen LogP contribution in [0, 0.1) is 11.8 Å². The number of fused-ring (bicyclic) bond motifs is 6. The maximum atomic E-state index is 15.2. The summed E-state index contributed by atoms with van der Waals surface area (Å²) in [6.45, 7) is 7.98. The Balaban J connectivity index is 0.998. The molecule has 2 fully saturated rings. The Morgan fingerprint density at radius 1 is 0.686 bits per heavy atom. The van der Waals surface area contributed by atoms with E-state index < -0.39 is 203 Å². The van der Waals surface area contributed by atoms with Gasteiger partial charge in [0.05, 0.1) is 40.8 Å². The second-order valence-electron chi connectivity index (χ2n) is 30.1. The lowest BCUT2D eigenvalue weighted by Crippen LogP contribution is -2.64. The highest BCUT2D eigenvalue weighted by Crippen LogP contribution is 2.49. The second-order valence-corrected chi connectivity index (χ2v) is 31.3. The van der Waals surface area contributed by atoms with Crippen molar-refractivity contribution >= 4 is 82.1 Å². The van der Waals surface area contributed by atoms with Gasteiger partial charge in [-0.1, -0.05) is 97.2 Å². The van der Waals surface area contributed by atoms with Gasteiger partial charge in [0.15, 0.2) is 23.8 Å². The minimum atomic E-state index is -2.30. The van der Waals surface area contributed by atoms with E-state index in [1.54, 1.807) is 38.1 Å². The molecule has 18 atom stereocenters. The molecule has 118 heavy (non-hydrogen) atoms. The molecular formula is C82H92Cl3N9O24. The van der Waals surface area contributed by atoms with E-state index in [0.717, 1.165) is 54.4 Å². The number of hydrogen-bond acceptors (Lipinski definition) is 25. The molecule has 20 N–H and O–H groups in total. The maximum absolute atomic E-state index is 15.2. The predicted octanol–water partition coefficient (Wildman–Crippen LogP) is 5.17. The predicted molar refractivity (Wildman–Crippen MR) is 424 cm³/mol. The number of primary amides is 1. The van der Waals surface area contributed by atoms with Crippen LogP contribution in [0.1, 0.15) is 118 Å². The molecule has 36 heteroatoms. The number of likely N-dealkylation sites (N-methyl/N-ethyl adjacent to an activating group) is 1. The number of rotatable bonds is 19. The Morgan fingerprint density at radius 3 is 1.93 bits per heavy atom. The maximum Gasteiger partial charge on any atom is 0.330 e. The number of hydrogen-bond donors (Lipinski definition) is 19. The number of carbonyl (C=O) groups is 8. The highest BCUT2D eigenvalue weighted by atomic mass is 35.5. The topological polar surface area (TPSA) is 517 Å². The average molecular weight is 1690 g/mol. The minimum absolute atomic E-state index is 0.0688. The monoisotopic (exact) mass is 1690 g/mol. The Kier molecular flexibility index (Phi) is 28.4. The van der Waals surface area contributed by atoms with Crippen LogP contribution in [0.4, 0.5) is 0 Å². The van der Waals surface area contributed by atoms with E-state index in [0.29, 0.717) is 17.4 Å². The van der Waals surface area contributed by atoms with Crippen molar-refractivity contribution in [3.63, 3.8) is 0 Å². The molecule has 5 heterocycles. The second kappa shape index (κ2) is 38.0. The molecule has 0 radical (unpaired) electrons. The Morgan fingerprint density at radius 2 is 1.32 bits per heavy atom. The largest absolute Gasteiger partial charge is 0.508 e. The van der Waals surface area contributed by atoms with Crippen LogP contribution in [0.25, 0.3) is 11.1 Å². The van der Waals surface area contributed by atoms with Crippen LogP contribution in [0.3, 0.4) is 0 Å². The smallest absolute Gasteiger partial charge is 0.330 e. The van der Waals surface area contributed by atoms with Crippen molar-refractivity contribution in [1.82, 2.24) is 42.5 Å². The number of benzene rings is 7.